The molecule has 82 valence electrons. The van der Waals surface area contributed by atoms with Gasteiger partial charge in [0.15, 0.2) is 5.96 Å². The van der Waals surface area contributed by atoms with Crippen molar-refractivity contribution in [3.05, 3.63) is 28.2 Å². The van der Waals surface area contributed by atoms with Gasteiger partial charge in [0.05, 0.1) is 10.2 Å². The van der Waals surface area contributed by atoms with Crippen molar-refractivity contribution in [3.8, 4) is 0 Å². The molecule has 0 saturated heterocycles. The summed E-state index contributed by atoms with van der Waals surface area (Å²) in [7, 11) is 0. The number of hydrogen-bond donors (Lipinski definition) is 2. The molecule has 15 heavy (non-hydrogen) atoms. The molecule has 0 aliphatic heterocycles. The monoisotopic (exact) mass is 277 g/mol. The van der Waals surface area contributed by atoms with Gasteiger partial charge in [0, 0.05) is 12.6 Å². The number of aliphatic imine (C=N–C) groups is 1. The average molecular weight is 278 g/mol. The van der Waals surface area contributed by atoms with Gasteiger partial charge in [-0.1, -0.05) is 0 Å². The molecule has 0 radical (unpaired) electrons. The Bertz CT molecular complexity index is 393. The van der Waals surface area contributed by atoms with Crippen molar-refractivity contribution in [2.45, 2.75) is 6.92 Å². The molecule has 3 N–H and O–H groups in total. The minimum atomic E-state index is -0.600. The van der Waals surface area contributed by atoms with Crippen LogP contribution in [-0.2, 0) is 0 Å². The number of anilines is 1. The number of hydrogen-bond acceptors (Lipinski definition) is 1. The van der Waals surface area contributed by atoms with Crippen LogP contribution in [0.1, 0.15) is 6.92 Å². The second kappa shape index (κ2) is 5.06. The number of nitrogens with two attached hydrogens (primary N) is 1. The number of benzene rings is 1. The lowest BCUT2D eigenvalue weighted by atomic mass is 10.3. The van der Waals surface area contributed by atoms with Crippen LogP contribution in [0.4, 0.5) is 14.5 Å². The minimum absolute atomic E-state index is 0.0367. The van der Waals surface area contributed by atoms with E-state index in [2.05, 4.69) is 26.2 Å². The highest BCUT2D eigenvalue weighted by atomic mass is 79.9. The van der Waals surface area contributed by atoms with E-state index in [0.717, 1.165) is 12.1 Å². The smallest absolute Gasteiger partial charge is 0.193 e. The highest BCUT2D eigenvalue weighted by Gasteiger charge is 2.08. The van der Waals surface area contributed by atoms with Crippen LogP contribution in [0.5, 0.6) is 0 Å². The summed E-state index contributed by atoms with van der Waals surface area (Å²) in [6.07, 6.45) is 0. The van der Waals surface area contributed by atoms with Gasteiger partial charge in [-0.25, -0.2) is 8.78 Å². The fraction of sp³-hybridized carbons (Fsp3) is 0.222. The van der Waals surface area contributed by atoms with E-state index in [0.29, 0.717) is 6.54 Å². The molecule has 1 rings (SSSR count). The largest absolute Gasteiger partial charge is 0.370 e. The first-order valence-corrected chi connectivity index (χ1v) is 5.05. The molecular formula is C9H10BrF2N3. The van der Waals surface area contributed by atoms with Crippen molar-refractivity contribution in [1.82, 2.24) is 0 Å². The number of guanidine groups is 1. The third-order valence-electron chi connectivity index (χ3n) is 1.60. The topological polar surface area (TPSA) is 50.4 Å². The summed E-state index contributed by atoms with van der Waals surface area (Å²) in [4.78, 5) is 3.80. The summed E-state index contributed by atoms with van der Waals surface area (Å²) >= 11 is 2.87. The molecule has 0 aliphatic rings. The van der Waals surface area contributed by atoms with Crippen molar-refractivity contribution in [2.75, 3.05) is 11.9 Å². The van der Waals surface area contributed by atoms with Crippen molar-refractivity contribution in [3.63, 3.8) is 0 Å². The van der Waals surface area contributed by atoms with Gasteiger partial charge in [0.25, 0.3) is 0 Å². The first-order valence-electron chi connectivity index (χ1n) is 4.26. The van der Waals surface area contributed by atoms with E-state index in [1.807, 2.05) is 0 Å². The third-order valence-corrected chi connectivity index (χ3v) is 2.21. The Morgan fingerprint density at radius 3 is 2.73 bits per heavy atom. The molecule has 0 aliphatic carbocycles. The predicted molar refractivity (Wildman–Crippen MR) is 59.8 cm³/mol. The fourth-order valence-electron chi connectivity index (χ4n) is 0.966. The first-order chi connectivity index (χ1) is 7.04. The van der Waals surface area contributed by atoms with Crippen LogP contribution in [0.15, 0.2) is 21.6 Å². The van der Waals surface area contributed by atoms with Gasteiger partial charge in [-0.15, -0.1) is 0 Å². The molecule has 3 nitrogen and oxygen atoms in total. The summed E-state index contributed by atoms with van der Waals surface area (Å²) in [5.74, 6) is -1.11. The lowest BCUT2D eigenvalue weighted by Gasteiger charge is -2.07. The molecule has 0 bridgehead atoms. The molecule has 0 aromatic heterocycles. The molecule has 0 fully saturated rings. The number of rotatable bonds is 2. The quantitative estimate of drug-likeness (QED) is 0.496. The number of halogens is 3. The second-order valence-electron chi connectivity index (χ2n) is 2.73. The van der Waals surface area contributed by atoms with Crippen LogP contribution in [-0.4, -0.2) is 12.5 Å². The second-order valence-corrected chi connectivity index (χ2v) is 3.59. The molecular weight excluding hydrogens is 268 g/mol. The Morgan fingerprint density at radius 1 is 1.47 bits per heavy atom. The van der Waals surface area contributed by atoms with Gasteiger partial charge in [-0.2, -0.15) is 0 Å². The van der Waals surface area contributed by atoms with Gasteiger partial charge < -0.3 is 11.1 Å². The van der Waals surface area contributed by atoms with Crippen molar-refractivity contribution < 1.29 is 8.78 Å². The van der Waals surface area contributed by atoms with Gasteiger partial charge in [0.2, 0.25) is 0 Å². The molecule has 1 aromatic rings. The van der Waals surface area contributed by atoms with Gasteiger partial charge >= 0.3 is 0 Å². The van der Waals surface area contributed by atoms with E-state index in [-0.39, 0.29) is 16.1 Å². The average Bonchev–Trinajstić information content (AvgIpc) is 2.14. The van der Waals surface area contributed by atoms with Crippen LogP contribution < -0.4 is 11.1 Å². The van der Waals surface area contributed by atoms with E-state index >= 15 is 0 Å². The van der Waals surface area contributed by atoms with Crippen LogP contribution >= 0.6 is 15.9 Å². The molecule has 0 saturated carbocycles. The maximum absolute atomic E-state index is 13.3. The number of nitrogens with zero attached hydrogens (tertiary/aromatic N) is 1. The standard InChI is InChI=1S/C9H10BrF2N3/c1-2-14-9(13)15-8-4-6(11)5(10)3-7(8)12/h3-4H,2H2,1H3,(H3,13,14,15). The van der Waals surface area contributed by atoms with Crippen LogP contribution in [0.25, 0.3) is 0 Å². The Kier molecular flexibility index (Phi) is 4.02. The third kappa shape index (κ3) is 3.16. The van der Waals surface area contributed by atoms with Crippen LogP contribution in [0, 0.1) is 11.6 Å². The summed E-state index contributed by atoms with van der Waals surface area (Å²) in [5, 5.41) is 2.47. The van der Waals surface area contributed by atoms with Crippen LogP contribution in [0.3, 0.4) is 0 Å². The zero-order valence-corrected chi connectivity index (χ0v) is 9.61. The fourth-order valence-corrected chi connectivity index (χ4v) is 1.28. The van der Waals surface area contributed by atoms with Crippen molar-refractivity contribution >= 4 is 27.6 Å². The van der Waals surface area contributed by atoms with E-state index in [1.165, 1.54) is 0 Å². The highest BCUT2D eigenvalue weighted by Crippen LogP contribution is 2.22. The Morgan fingerprint density at radius 2 is 2.13 bits per heavy atom. The minimum Gasteiger partial charge on any atom is -0.370 e. The Balaban J connectivity index is 2.95. The van der Waals surface area contributed by atoms with Crippen molar-refractivity contribution in [2.24, 2.45) is 10.7 Å². The zero-order chi connectivity index (χ0) is 11.4. The molecule has 0 heterocycles. The highest BCUT2D eigenvalue weighted by molar-refractivity contribution is 9.10. The maximum Gasteiger partial charge on any atom is 0.193 e. The van der Waals surface area contributed by atoms with E-state index in [4.69, 9.17) is 5.73 Å². The molecule has 0 atom stereocenters. The van der Waals surface area contributed by atoms with E-state index < -0.39 is 11.6 Å². The molecule has 0 unspecified atom stereocenters. The van der Waals surface area contributed by atoms with E-state index in [1.54, 1.807) is 6.92 Å². The normalized spacial score (nSPS) is 11.6. The Hall–Kier alpha value is -1.17. The lowest BCUT2D eigenvalue weighted by Crippen LogP contribution is -2.23. The first kappa shape index (κ1) is 11.9. The summed E-state index contributed by atoms with van der Waals surface area (Å²) < 4.78 is 26.4. The number of nitrogens with one attached hydrogen (secondary N) is 1. The predicted octanol–water partition coefficient (Wildman–Crippen LogP) is 2.47. The van der Waals surface area contributed by atoms with E-state index in [9.17, 15) is 8.78 Å². The van der Waals surface area contributed by atoms with Crippen LogP contribution in [0.2, 0.25) is 0 Å². The maximum atomic E-state index is 13.3. The summed E-state index contributed by atoms with van der Waals surface area (Å²) in [6, 6.07) is 2.04. The zero-order valence-electron chi connectivity index (χ0n) is 8.02. The Labute approximate surface area is 94.5 Å². The molecule has 1 aromatic carbocycles. The SMILES string of the molecule is CCN=C(N)Nc1cc(F)c(Br)cc1F. The molecule has 0 spiro atoms. The van der Waals surface area contributed by atoms with Crippen molar-refractivity contribution in [1.29, 1.82) is 0 Å². The van der Waals surface area contributed by atoms with Gasteiger partial charge in [0.1, 0.15) is 11.6 Å². The lowest BCUT2D eigenvalue weighted by molar-refractivity contribution is 0.598. The summed E-state index contributed by atoms with van der Waals surface area (Å²) in [6.45, 7) is 2.26. The molecule has 6 heteroatoms. The summed E-state index contributed by atoms with van der Waals surface area (Å²) in [5.41, 5.74) is 5.37. The van der Waals surface area contributed by atoms with Gasteiger partial charge in [-0.3, -0.25) is 4.99 Å². The molecule has 0 amide bonds. The van der Waals surface area contributed by atoms with Gasteiger partial charge in [-0.05, 0) is 28.9 Å².